The third kappa shape index (κ3) is 4.98. The first kappa shape index (κ1) is 22.0. The molecule has 1 unspecified atom stereocenters. The Morgan fingerprint density at radius 3 is 2.58 bits per heavy atom. The number of aryl methyl sites for hydroxylation is 1. The van der Waals surface area contributed by atoms with E-state index in [0.717, 1.165) is 11.3 Å². The molecular formula is C22H22ClN3O3S2. The smallest absolute Gasteiger partial charge is 0.243 e. The van der Waals surface area contributed by atoms with Crippen molar-refractivity contribution in [1.82, 2.24) is 9.29 Å². The molecule has 4 rings (SSSR count). The number of carbonyl (C=O) groups excluding carboxylic acids is 1. The molecule has 1 N–H and O–H groups in total. The highest BCUT2D eigenvalue weighted by atomic mass is 35.5. The van der Waals surface area contributed by atoms with E-state index in [9.17, 15) is 13.2 Å². The minimum atomic E-state index is -3.67. The molecular weight excluding hydrogens is 454 g/mol. The van der Waals surface area contributed by atoms with Crippen molar-refractivity contribution in [3.8, 4) is 11.3 Å². The van der Waals surface area contributed by atoms with Crippen molar-refractivity contribution >= 4 is 44.0 Å². The summed E-state index contributed by atoms with van der Waals surface area (Å²) >= 11 is 7.23. The van der Waals surface area contributed by atoms with Gasteiger partial charge in [-0.2, -0.15) is 4.31 Å². The van der Waals surface area contributed by atoms with Crippen molar-refractivity contribution in [2.24, 2.45) is 5.92 Å². The molecule has 0 radical (unpaired) electrons. The lowest BCUT2D eigenvalue weighted by molar-refractivity contribution is -0.120. The zero-order valence-corrected chi connectivity index (χ0v) is 19.3. The maximum atomic E-state index is 12.9. The summed E-state index contributed by atoms with van der Waals surface area (Å²) in [5, 5.41) is 5.75. The van der Waals surface area contributed by atoms with Gasteiger partial charge in [0, 0.05) is 29.1 Å². The van der Waals surface area contributed by atoms with Gasteiger partial charge in [0.05, 0.1) is 16.5 Å². The highest BCUT2D eigenvalue weighted by Gasteiger charge is 2.33. The van der Waals surface area contributed by atoms with Gasteiger partial charge in [-0.25, -0.2) is 13.4 Å². The molecule has 6 nitrogen and oxygen atoms in total. The summed E-state index contributed by atoms with van der Waals surface area (Å²) in [6.07, 6.45) is 1.26. The van der Waals surface area contributed by atoms with Gasteiger partial charge >= 0.3 is 0 Å². The molecule has 9 heteroatoms. The normalized spacial score (nSPS) is 17.4. The highest BCUT2D eigenvalue weighted by Crippen LogP contribution is 2.28. The molecule has 1 aromatic heterocycles. The van der Waals surface area contributed by atoms with Crippen LogP contribution < -0.4 is 5.32 Å². The summed E-state index contributed by atoms with van der Waals surface area (Å²) in [7, 11) is -3.67. The Kier molecular flexibility index (Phi) is 6.43. The Morgan fingerprint density at radius 2 is 1.87 bits per heavy atom. The Morgan fingerprint density at radius 1 is 1.16 bits per heavy atom. The number of aromatic nitrogens is 1. The van der Waals surface area contributed by atoms with Crippen LogP contribution in [0.4, 0.5) is 5.13 Å². The lowest BCUT2D eigenvalue weighted by Gasteiger charge is -2.31. The van der Waals surface area contributed by atoms with Crippen LogP contribution in [0.15, 0.2) is 58.8 Å². The third-order valence-corrected chi connectivity index (χ3v) is 8.18. The van der Waals surface area contributed by atoms with E-state index in [2.05, 4.69) is 10.3 Å². The first-order valence-electron chi connectivity index (χ1n) is 9.92. The van der Waals surface area contributed by atoms with Crippen molar-refractivity contribution in [1.29, 1.82) is 0 Å². The van der Waals surface area contributed by atoms with E-state index in [4.69, 9.17) is 11.6 Å². The zero-order valence-electron chi connectivity index (χ0n) is 16.9. The van der Waals surface area contributed by atoms with Crippen molar-refractivity contribution in [2.45, 2.75) is 24.7 Å². The van der Waals surface area contributed by atoms with Gasteiger partial charge in [-0.3, -0.25) is 4.79 Å². The van der Waals surface area contributed by atoms with Crippen LogP contribution >= 0.6 is 22.9 Å². The largest absolute Gasteiger partial charge is 0.302 e. The molecule has 1 amide bonds. The topological polar surface area (TPSA) is 79.4 Å². The minimum absolute atomic E-state index is 0.146. The lowest BCUT2D eigenvalue weighted by atomic mass is 9.99. The number of sulfonamides is 1. The van der Waals surface area contributed by atoms with Gasteiger partial charge in [-0.1, -0.05) is 41.4 Å². The molecule has 1 saturated heterocycles. The average molecular weight is 476 g/mol. The van der Waals surface area contributed by atoms with Crippen molar-refractivity contribution in [2.75, 3.05) is 18.4 Å². The van der Waals surface area contributed by atoms with Crippen LogP contribution in [0.2, 0.25) is 5.02 Å². The SMILES string of the molecule is Cc1ccc(-c2csc(NC(=O)C3CCCN(S(=O)(=O)c4ccc(Cl)cc4)C3)n2)cc1. The number of hydrogen-bond acceptors (Lipinski definition) is 5. The van der Waals surface area contributed by atoms with Crippen LogP contribution in [0.3, 0.4) is 0 Å². The summed E-state index contributed by atoms with van der Waals surface area (Å²) in [5.41, 5.74) is 2.96. The Hall–Kier alpha value is -2.26. The first-order chi connectivity index (χ1) is 14.8. The number of amides is 1. The minimum Gasteiger partial charge on any atom is -0.302 e. The van der Waals surface area contributed by atoms with Gasteiger partial charge in [0.1, 0.15) is 0 Å². The van der Waals surface area contributed by atoms with Crippen molar-refractivity contribution in [3.63, 3.8) is 0 Å². The number of anilines is 1. The number of hydrogen-bond donors (Lipinski definition) is 1. The summed E-state index contributed by atoms with van der Waals surface area (Å²) in [5.74, 6) is -0.636. The van der Waals surface area contributed by atoms with Crippen LogP contribution in [0, 0.1) is 12.8 Å². The quantitative estimate of drug-likeness (QED) is 0.574. The summed E-state index contributed by atoms with van der Waals surface area (Å²) < 4.78 is 27.3. The van der Waals surface area contributed by atoms with E-state index in [-0.39, 0.29) is 17.3 Å². The monoisotopic (exact) mass is 475 g/mol. The number of halogens is 1. The van der Waals surface area contributed by atoms with Crippen molar-refractivity contribution in [3.05, 3.63) is 64.5 Å². The number of thiazole rings is 1. The van der Waals surface area contributed by atoms with E-state index >= 15 is 0 Å². The highest BCUT2D eigenvalue weighted by molar-refractivity contribution is 7.89. The standard InChI is InChI=1S/C22H22ClN3O3S2/c1-15-4-6-16(7-5-15)20-14-30-22(24-20)25-21(27)17-3-2-12-26(13-17)31(28,29)19-10-8-18(23)9-11-19/h4-11,14,17H,2-3,12-13H2,1H3,(H,24,25,27). The number of nitrogens with zero attached hydrogens (tertiary/aromatic N) is 2. The van der Waals surface area contributed by atoms with Gasteiger partial charge in [0.2, 0.25) is 15.9 Å². The van der Waals surface area contributed by atoms with E-state index in [1.165, 1.54) is 33.3 Å². The maximum absolute atomic E-state index is 12.9. The van der Waals surface area contributed by atoms with E-state index in [1.54, 1.807) is 12.1 Å². The van der Waals surface area contributed by atoms with Crippen LogP contribution in [-0.4, -0.2) is 36.7 Å². The van der Waals surface area contributed by atoms with E-state index in [1.807, 2.05) is 36.6 Å². The molecule has 0 saturated carbocycles. The number of piperidine rings is 1. The van der Waals surface area contributed by atoms with E-state index in [0.29, 0.717) is 29.5 Å². The van der Waals surface area contributed by atoms with Gasteiger partial charge < -0.3 is 5.32 Å². The summed E-state index contributed by atoms with van der Waals surface area (Å²) in [6.45, 7) is 2.56. The molecule has 2 heterocycles. The molecule has 1 aliphatic heterocycles. The second-order valence-corrected chi connectivity index (χ2v) is 10.8. The van der Waals surface area contributed by atoms with Crippen LogP contribution in [0.5, 0.6) is 0 Å². The van der Waals surface area contributed by atoms with Crippen molar-refractivity contribution < 1.29 is 13.2 Å². The Labute approximate surface area is 190 Å². The fourth-order valence-corrected chi connectivity index (χ4v) is 5.90. The molecule has 3 aromatic rings. The number of carbonyl (C=O) groups is 1. The second-order valence-electron chi connectivity index (χ2n) is 7.55. The molecule has 1 atom stereocenters. The number of benzene rings is 2. The molecule has 0 bridgehead atoms. The number of rotatable bonds is 5. The molecule has 31 heavy (non-hydrogen) atoms. The predicted octanol–water partition coefficient (Wildman–Crippen LogP) is 4.81. The van der Waals surface area contributed by atoms with Gasteiger partial charge in [-0.05, 0) is 44.0 Å². The first-order valence-corrected chi connectivity index (χ1v) is 12.6. The van der Waals surface area contributed by atoms with Crippen LogP contribution in [0.1, 0.15) is 18.4 Å². The average Bonchev–Trinajstić information content (AvgIpc) is 3.23. The van der Waals surface area contributed by atoms with Crippen LogP contribution in [0.25, 0.3) is 11.3 Å². The predicted molar refractivity (Wildman–Crippen MR) is 124 cm³/mol. The van der Waals surface area contributed by atoms with Gasteiger partial charge in [0.25, 0.3) is 0 Å². The van der Waals surface area contributed by atoms with Gasteiger partial charge in [-0.15, -0.1) is 11.3 Å². The fraction of sp³-hybridized carbons (Fsp3) is 0.273. The molecule has 0 spiro atoms. The molecule has 1 fully saturated rings. The van der Waals surface area contributed by atoms with E-state index < -0.39 is 15.9 Å². The zero-order chi connectivity index (χ0) is 22.0. The maximum Gasteiger partial charge on any atom is 0.243 e. The third-order valence-electron chi connectivity index (χ3n) is 5.29. The van der Waals surface area contributed by atoms with Crippen LogP contribution in [-0.2, 0) is 14.8 Å². The second kappa shape index (κ2) is 9.08. The summed E-state index contributed by atoms with van der Waals surface area (Å²) in [4.78, 5) is 17.5. The fourth-order valence-electron chi connectivity index (χ4n) is 3.53. The Bertz CT molecular complexity index is 1180. The lowest BCUT2D eigenvalue weighted by Crippen LogP contribution is -2.43. The number of nitrogens with one attached hydrogen (secondary N) is 1. The molecule has 1 aliphatic rings. The Balaban J connectivity index is 1.43. The summed E-state index contributed by atoms with van der Waals surface area (Å²) in [6, 6.07) is 14.1. The van der Waals surface area contributed by atoms with Gasteiger partial charge in [0.15, 0.2) is 5.13 Å². The molecule has 2 aromatic carbocycles. The molecule has 0 aliphatic carbocycles. The molecule has 162 valence electrons.